The maximum atomic E-state index is 13.1. The molecule has 1 aliphatic rings. The highest BCUT2D eigenvalue weighted by Gasteiger charge is 2.42. The van der Waals surface area contributed by atoms with Crippen LogP contribution in [0.25, 0.3) is 0 Å². The van der Waals surface area contributed by atoms with Crippen molar-refractivity contribution in [2.75, 3.05) is 18.8 Å². The first-order chi connectivity index (χ1) is 11.4. The Bertz CT molecular complexity index is 609. The molecule has 1 aliphatic carbocycles. The molecule has 1 saturated carbocycles. The Kier molecular flexibility index (Phi) is 7.74. The van der Waals surface area contributed by atoms with Gasteiger partial charge < -0.3 is 16.0 Å². The van der Waals surface area contributed by atoms with Gasteiger partial charge in [0, 0.05) is 24.3 Å². The van der Waals surface area contributed by atoms with Crippen LogP contribution in [0.5, 0.6) is 0 Å². The SMILES string of the molecule is CCN(CC)C(=O)C1(NC(=O)c2cc(N)ccc2C)CCCCC1.Cl. The number of carbonyl (C=O) groups is 2. The molecule has 0 atom stereocenters. The quantitative estimate of drug-likeness (QED) is 0.784. The van der Waals surface area contributed by atoms with Crippen molar-refractivity contribution in [3.05, 3.63) is 29.3 Å². The zero-order valence-corrected chi connectivity index (χ0v) is 16.2. The molecule has 0 aromatic heterocycles. The Labute approximate surface area is 156 Å². The maximum Gasteiger partial charge on any atom is 0.252 e. The molecule has 25 heavy (non-hydrogen) atoms. The van der Waals surface area contributed by atoms with Crippen LogP contribution in [0.4, 0.5) is 5.69 Å². The molecule has 0 heterocycles. The van der Waals surface area contributed by atoms with Crippen LogP contribution in [0.3, 0.4) is 0 Å². The summed E-state index contributed by atoms with van der Waals surface area (Å²) in [4.78, 5) is 27.8. The van der Waals surface area contributed by atoms with Gasteiger partial charge in [0.1, 0.15) is 5.54 Å². The van der Waals surface area contributed by atoms with E-state index in [2.05, 4.69) is 5.32 Å². The summed E-state index contributed by atoms with van der Waals surface area (Å²) in [5, 5.41) is 3.08. The molecule has 2 rings (SSSR count). The first kappa shape index (κ1) is 21.3. The van der Waals surface area contributed by atoms with Crippen molar-refractivity contribution in [1.82, 2.24) is 10.2 Å². The summed E-state index contributed by atoms with van der Waals surface area (Å²) in [5.74, 6) is -0.163. The van der Waals surface area contributed by atoms with Crippen molar-refractivity contribution in [3.8, 4) is 0 Å². The van der Waals surface area contributed by atoms with E-state index < -0.39 is 5.54 Å². The number of aryl methyl sites for hydroxylation is 1. The fourth-order valence-electron chi connectivity index (χ4n) is 3.53. The number of hydrogen-bond donors (Lipinski definition) is 2. The van der Waals surface area contributed by atoms with Crippen LogP contribution >= 0.6 is 12.4 Å². The van der Waals surface area contributed by atoms with Gasteiger partial charge in [-0.3, -0.25) is 9.59 Å². The number of nitrogens with two attached hydrogens (primary N) is 1. The number of anilines is 1. The summed E-state index contributed by atoms with van der Waals surface area (Å²) in [6.45, 7) is 7.15. The van der Waals surface area contributed by atoms with Gasteiger partial charge >= 0.3 is 0 Å². The van der Waals surface area contributed by atoms with Crippen molar-refractivity contribution in [2.45, 2.75) is 58.4 Å². The third kappa shape index (κ3) is 4.66. The van der Waals surface area contributed by atoms with Crippen LogP contribution in [0.15, 0.2) is 18.2 Å². The van der Waals surface area contributed by atoms with Gasteiger partial charge in [0.25, 0.3) is 5.91 Å². The monoisotopic (exact) mass is 367 g/mol. The highest BCUT2D eigenvalue weighted by molar-refractivity contribution is 6.00. The molecule has 0 spiro atoms. The lowest BCUT2D eigenvalue weighted by molar-refractivity contribution is -0.139. The highest BCUT2D eigenvalue weighted by atomic mass is 35.5. The van der Waals surface area contributed by atoms with Crippen molar-refractivity contribution >= 4 is 29.9 Å². The number of hydrogen-bond acceptors (Lipinski definition) is 3. The standard InChI is InChI=1S/C19H29N3O2.ClH/c1-4-22(5-2)18(24)19(11-7-6-8-12-19)21-17(23)16-13-15(20)10-9-14(16)3;/h9-10,13H,4-8,11-12,20H2,1-3H3,(H,21,23);1H. The normalized spacial score (nSPS) is 15.8. The van der Waals surface area contributed by atoms with E-state index in [4.69, 9.17) is 5.73 Å². The largest absolute Gasteiger partial charge is 0.399 e. The molecule has 2 amide bonds. The van der Waals surface area contributed by atoms with Gasteiger partial charge in [-0.05, 0) is 51.3 Å². The molecular weight excluding hydrogens is 338 g/mol. The smallest absolute Gasteiger partial charge is 0.252 e. The number of rotatable bonds is 5. The Morgan fingerprint density at radius 2 is 1.76 bits per heavy atom. The van der Waals surface area contributed by atoms with E-state index in [1.807, 2.05) is 31.7 Å². The molecule has 0 radical (unpaired) electrons. The fraction of sp³-hybridized carbons (Fsp3) is 0.579. The van der Waals surface area contributed by atoms with Gasteiger partial charge in [0.05, 0.1) is 0 Å². The maximum absolute atomic E-state index is 13.1. The van der Waals surface area contributed by atoms with Crippen LogP contribution in [-0.2, 0) is 4.79 Å². The molecule has 1 aromatic carbocycles. The van der Waals surface area contributed by atoms with Gasteiger partial charge in [-0.2, -0.15) is 0 Å². The van der Waals surface area contributed by atoms with E-state index in [9.17, 15) is 9.59 Å². The van der Waals surface area contributed by atoms with E-state index in [-0.39, 0.29) is 24.2 Å². The molecular formula is C19H30ClN3O2. The Morgan fingerprint density at radius 1 is 1.16 bits per heavy atom. The summed E-state index contributed by atoms with van der Waals surface area (Å²) < 4.78 is 0. The van der Waals surface area contributed by atoms with Crippen LogP contribution in [0.2, 0.25) is 0 Å². The Morgan fingerprint density at radius 3 is 2.32 bits per heavy atom. The summed E-state index contributed by atoms with van der Waals surface area (Å²) in [5.41, 5.74) is 7.01. The zero-order chi connectivity index (χ0) is 17.7. The van der Waals surface area contributed by atoms with E-state index in [1.54, 1.807) is 12.1 Å². The zero-order valence-electron chi connectivity index (χ0n) is 15.4. The minimum absolute atomic E-state index is 0. The third-order valence-electron chi connectivity index (χ3n) is 5.03. The number of nitrogens with zero attached hydrogens (tertiary/aromatic N) is 1. The molecule has 1 fully saturated rings. The van der Waals surface area contributed by atoms with Crippen molar-refractivity contribution in [2.24, 2.45) is 0 Å². The second-order valence-corrected chi connectivity index (χ2v) is 6.65. The van der Waals surface area contributed by atoms with E-state index in [1.165, 1.54) is 0 Å². The molecule has 0 saturated heterocycles. The van der Waals surface area contributed by atoms with Gasteiger partial charge in [0.15, 0.2) is 0 Å². The lowest BCUT2D eigenvalue weighted by Crippen LogP contribution is -2.60. The van der Waals surface area contributed by atoms with Crippen LogP contribution in [-0.4, -0.2) is 35.3 Å². The molecule has 140 valence electrons. The average Bonchev–Trinajstić information content (AvgIpc) is 2.58. The van der Waals surface area contributed by atoms with Crippen LogP contribution in [0, 0.1) is 6.92 Å². The summed E-state index contributed by atoms with van der Waals surface area (Å²) in [6, 6.07) is 5.30. The van der Waals surface area contributed by atoms with Crippen molar-refractivity contribution in [1.29, 1.82) is 0 Å². The van der Waals surface area contributed by atoms with E-state index in [0.717, 1.165) is 24.8 Å². The third-order valence-corrected chi connectivity index (χ3v) is 5.03. The van der Waals surface area contributed by atoms with Crippen LogP contribution < -0.4 is 11.1 Å². The summed E-state index contributed by atoms with van der Waals surface area (Å²) >= 11 is 0. The molecule has 0 unspecified atom stereocenters. The second-order valence-electron chi connectivity index (χ2n) is 6.65. The minimum atomic E-state index is -0.779. The lowest BCUT2D eigenvalue weighted by atomic mass is 9.80. The van der Waals surface area contributed by atoms with Gasteiger partial charge in [0.2, 0.25) is 5.91 Å². The van der Waals surface area contributed by atoms with E-state index >= 15 is 0 Å². The molecule has 0 aliphatic heterocycles. The van der Waals surface area contributed by atoms with E-state index in [0.29, 0.717) is 37.2 Å². The minimum Gasteiger partial charge on any atom is -0.399 e. The van der Waals surface area contributed by atoms with Crippen molar-refractivity contribution < 1.29 is 9.59 Å². The lowest BCUT2D eigenvalue weighted by Gasteiger charge is -2.40. The predicted octanol–water partition coefficient (Wildman–Crippen LogP) is 3.30. The summed E-state index contributed by atoms with van der Waals surface area (Å²) in [7, 11) is 0. The number of benzene rings is 1. The van der Waals surface area contributed by atoms with Gasteiger partial charge in [-0.15, -0.1) is 12.4 Å². The van der Waals surface area contributed by atoms with Crippen molar-refractivity contribution in [3.63, 3.8) is 0 Å². The topological polar surface area (TPSA) is 75.4 Å². The number of halogens is 1. The number of likely N-dealkylation sites (N-methyl/N-ethyl adjacent to an activating group) is 1. The average molecular weight is 368 g/mol. The molecule has 5 nitrogen and oxygen atoms in total. The van der Waals surface area contributed by atoms with Gasteiger partial charge in [-0.25, -0.2) is 0 Å². The first-order valence-corrected chi connectivity index (χ1v) is 8.91. The summed E-state index contributed by atoms with van der Waals surface area (Å²) in [6.07, 6.45) is 4.44. The predicted molar refractivity (Wildman–Crippen MR) is 104 cm³/mol. The Hall–Kier alpha value is -1.75. The Balaban J connectivity index is 0.00000312. The van der Waals surface area contributed by atoms with Gasteiger partial charge in [-0.1, -0.05) is 25.3 Å². The first-order valence-electron chi connectivity index (χ1n) is 8.91. The second kappa shape index (κ2) is 9.09. The fourth-order valence-corrected chi connectivity index (χ4v) is 3.53. The highest BCUT2D eigenvalue weighted by Crippen LogP contribution is 2.31. The number of nitrogen functional groups attached to an aromatic ring is 1. The molecule has 3 N–H and O–H groups in total. The number of carbonyl (C=O) groups excluding carboxylic acids is 2. The molecule has 0 bridgehead atoms. The number of nitrogens with one attached hydrogen (secondary N) is 1. The van der Waals surface area contributed by atoms with Crippen LogP contribution in [0.1, 0.15) is 61.9 Å². The molecule has 1 aromatic rings. The number of amides is 2. The molecule has 6 heteroatoms.